The van der Waals surface area contributed by atoms with Crippen molar-refractivity contribution in [2.45, 2.75) is 57.8 Å². The molecule has 2 saturated heterocycles. The van der Waals surface area contributed by atoms with E-state index >= 15 is 0 Å². The molecule has 0 atom stereocenters. The highest BCUT2D eigenvalue weighted by molar-refractivity contribution is 5.80. The predicted octanol–water partition coefficient (Wildman–Crippen LogP) is 3.38. The monoisotopic (exact) mass is 396 g/mol. The van der Waals surface area contributed by atoms with Crippen LogP contribution in [0.2, 0.25) is 0 Å². The summed E-state index contributed by atoms with van der Waals surface area (Å²) in [6, 6.07) is 1.74. The van der Waals surface area contributed by atoms with E-state index in [9.17, 15) is 9.59 Å². The first-order valence-electron chi connectivity index (χ1n) is 11.6. The van der Waals surface area contributed by atoms with E-state index in [-0.39, 0.29) is 11.4 Å². The summed E-state index contributed by atoms with van der Waals surface area (Å²) in [5, 5.41) is 4.07. The van der Waals surface area contributed by atoms with Gasteiger partial charge in [0.1, 0.15) is 0 Å². The minimum Gasteiger partial charge on any atom is -0.342 e. The van der Waals surface area contributed by atoms with Gasteiger partial charge in [0.15, 0.2) is 0 Å². The van der Waals surface area contributed by atoms with E-state index in [4.69, 9.17) is 0 Å². The molecule has 4 saturated carbocycles. The molecule has 0 unspecified atom stereocenters. The van der Waals surface area contributed by atoms with Crippen LogP contribution in [0, 0.1) is 28.6 Å². The molecule has 6 fully saturated rings. The molecular formula is C23H32N4O2. The van der Waals surface area contributed by atoms with Gasteiger partial charge in [-0.05, 0) is 80.6 Å². The number of hydrogen-bond donors (Lipinski definition) is 0. The Kier molecular flexibility index (Phi) is 3.92. The molecule has 29 heavy (non-hydrogen) atoms. The average Bonchev–Trinajstić information content (AvgIpc) is 3.30. The van der Waals surface area contributed by atoms with Crippen LogP contribution in [0.1, 0.15) is 57.8 Å². The zero-order chi connectivity index (χ0) is 19.6. The van der Waals surface area contributed by atoms with Gasteiger partial charge in [0.25, 0.3) is 0 Å². The van der Waals surface area contributed by atoms with E-state index in [2.05, 4.69) is 10.00 Å². The highest BCUT2D eigenvalue weighted by Gasteiger charge is 2.54. The first kappa shape index (κ1) is 18.0. The van der Waals surface area contributed by atoms with Gasteiger partial charge in [0.05, 0.1) is 0 Å². The fourth-order valence-electron chi connectivity index (χ4n) is 8.05. The largest absolute Gasteiger partial charge is 0.344 e. The zero-order valence-corrected chi connectivity index (χ0v) is 17.3. The molecule has 7 rings (SSSR count). The second-order valence-corrected chi connectivity index (χ2v) is 11.1. The molecule has 1 spiro atoms. The molecule has 1 aromatic rings. The van der Waals surface area contributed by atoms with Crippen molar-refractivity contribution in [3.8, 4) is 0 Å². The summed E-state index contributed by atoms with van der Waals surface area (Å²) < 4.78 is 1.41. The molecule has 4 aliphatic carbocycles. The number of aromatic nitrogens is 2. The SMILES string of the molecule is O=C1CC2(CCN(C(=O)n3cccn3)CC2)CN1CC12CC3CC(CC(C3)C1)C2. The van der Waals surface area contributed by atoms with Gasteiger partial charge in [0, 0.05) is 50.4 Å². The molecule has 6 aliphatic rings. The number of piperidine rings is 1. The lowest BCUT2D eigenvalue weighted by Crippen LogP contribution is -2.52. The highest BCUT2D eigenvalue weighted by Crippen LogP contribution is 2.60. The molecule has 1 aromatic heterocycles. The van der Waals surface area contributed by atoms with Gasteiger partial charge in [-0.3, -0.25) is 4.79 Å². The molecule has 3 heterocycles. The summed E-state index contributed by atoms with van der Waals surface area (Å²) in [6.07, 6.45) is 14.4. The molecule has 6 nitrogen and oxygen atoms in total. The number of carbonyl (C=O) groups is 2. The predicted molar refractivity (Wildman–Crippen MR) is 108 cm³/mol. The van der Waals surface area contributed by atoms with Crippen LogP contribution in [-0.4, -0.2) is 57.7 Å². The van der Waals surface area contributed by atoms with Gasteiger partial charge in [-0.2, -0.15) is 9.78 Å². The van der Waals surface area contributed by atoms with Crippen LogP contribution in [0.3, 0.4) is 0 Å². The second kappa shape index (κ2) is 6.32. The Bertz CT molecular complexity index is 774. The van der Waals surface area contributed by atoms with Crippen molar-refractivity contribution < 1.29 is 9.59 Å². The smallest absolute Gasteiger partial charge is 0.342 e. The zero-order valence-electron chi connectivity index (χ0n) is 17.3. The lowest BCUT2D eigenvalue weighted by atomic mass is 9.49. The maximum Gasteiger partial charge on any atom is 0.344 e. The third-order valence-corrected chi connectivity index (χ3v) is 8.89. The maximum absolute atomic E-state index is 13.0. The lowest BCUT2D eigenvalue weighted by Gasteiger charge is -2.57. The number of amides is 2. The van der Waals surface area contributed by atoms with Crippen molar-refractivity contribution in [1.82, 2.24) is 19.6 Å². The van der Waals surface area contributed by atoms with Gasteiger partial charge < -0.3 is 9.80 Å². The summed E-state index contributed by atoms with van der Waals surface area (Å²) in [4.78, 5) is 29.7. The Balaban J connectivity index is 1.11. The minimum absolute atomic E-state index is 0.0420. The van der Waals surface area contributed by atoms with Gasteiger partial charge >= 0.3 is 6.03 Å². The Hall–Kier alpha value is -1.85. The van der Waals surface area contributed by atoms with Gasteiger partial charge in [0.2, 0.25) is 5.91 Å². The summed E-state index contributed by atoms with van der Waals surface area (Å²) in [7, 11) is 0. The minimum atomic E-state index is -0.0420. The Morgan fingerprint density at radius 1 is 1.07 bits per heavy atom. The van der Waals surface area contributed by atoms with E-state index in [1.807, 2.05) is 4.90 Å². The van der Waals surface area contributed by atoms with Gasteiger partial charge in [-0.1, -0.05) is 0 Å². The third kappa shape index (κ3) is 3.01. The van der Waals surface area contributed by atoms with Crippen LogP contribution in [0.15, 0.2) is 18.5 Å². The van der Waals surface area contributed by atoms with Crippen molar-refractivity contribution in [1.29, 1.82) is 0 Å². The number of likely N-dealkylation sites (tertiary alicyclic amines) is 2. The van der Waals surface area contributed by atoms with Crippen LogP contribution < -0.4 is 0 Å². The van der Waals surface area contributed by atoms with E-state index < -0.39 is 0 Å². The normalized spacial score (nSPS) is 37.7. The van der Waals surface area contributed by atoms with Gasteiger partial charge in [-0.15, -0.1) is 0 Å². The molecule has 156 valence electrons. The Morgan fingerprint density at radius 2 is 1.72 bits per heavy atom. The third-order valence-electron chi connectivity index (χ3n) is 8.89. The van der Waals surface area contributed by atoms with Crippen LogP contribution >= 0.6 is 0 Å². The van der Waals surface area contributed by atoms with Crippen molar-refractivity contribution >= 4 is 11.9 Å². The summed E-state index contributed by atoms with van der Waals surface area (Å²) >= 11 is 0. The summed E-state index contributed by atoms with van der Waals surface area (Å²) in [6.45, 7) is 3.39. The molecule has 2 amide bonds. The maximum atomic E-state index is 13.0. The van der Waals surface area contributed by atoms with Crippen LogP contribution in [0.4, 0.5) is 4.79 Å². The van der Waals surface area contributed by atoms with E-state index in [1.54, 1.807) is 18.5 Å². The molecule has 4 bridgehead atoms. The first-order chi connectivity index (χ1) is 14.0. The fourth-order valence-corrected chi connectivity index (χ4v) is 8.05. The van der Waals surface area contributed by atoms with E-state index in [0.717, 1.165) is 56.8 Å². The quantitative estimate of drug-likeness (QED) is 0.770. The fraction of sp³-hybridized carbons (Fsp3) is 0.783. The van der Waals surface area contributed by atoms with E-state index in [0.29, 0.717) is 17.7 Å². The molecular weight excluding hydrogens is 364 g/mol. The molecule has 0 aromatic carbocycles. The van der Waals surface area contributed by atoms with Crippen molar-refractivity contribution in [2.24, 2.45) is 28.6 Å². The number of carbonyl (C=O) groups excluding carboxylic acids is 2. The topological polar surface area (TPSA) is 58.4 Å². The Labute approximate surface area is 172 Å². The summed E-state index contributed by atoms with van der Waals surface area (Å²) in [5.41, 5.74) is 0.507. The lowest BCUT2D eigenvalue weighted by molar-refractivity contribution is -0.133. The molecule has 6 heteroatoms. The van der Waals surface area contributed by atoms with Crippen molar-refractivity contribution in [2.75, 3.05) is 26.2 Å². The van der Waals surface area contributed by atoms with Crippen molar-refractivity contribution in [3.63, 3.8) is 0 Å². The number of rotatable bonds is 2. The average molecular weight is 397 g/mol. The van der Waals surface area contributed by atoms with Gasteiger partial charge in [-0.25, -0.2) is 4.79 Å². The Morgan fingerprint density at radius 3 is 2.31 bits per heavy atom. The highest BCUT2D eigenvalue weighted by atomic mass is 16.2. The van der Waals surface area contributed by atoms with E-state index in [1.165, 1.54) is 43.2 Å². The second-order valence-electron chi connectivity index (χ2n) is 11.1. The number of hydrogen-bond acceptors (Lipinski definition) is 3. The number of nitrogens with zero attached hydrogens (tertiary/aromatic N) is 4. The molecule has 0 N–H and O–H groups in total. The molecule has 0 radical (unpaired) electrons. The standard InChI is InChI=1S/C23H32N4O2/c28-20-14-22(2-6-25(7-3-22)21(29)27-5-1-4-24-27)15-26(20)16-23-11-17-8-18(12-23)10-19(9-17)13-23/h1,4-5,17-19H,2-3,6-16H2. The summed E-state index contributed by atoms with van der Waals surface area (Å²) in [5.74, 6) is 3.17. The van der Waals surface area contributed by atoms with Crippen LogP contribution in [0.25, 0.3) is 0 Å². The van der Waals surface area contributed by atoms with Crippen LogP contribution in [0.5, 0.6) is 0 Å². The first-order valence-corrected chi connectivity index (χ1v) is 11.6. The van der Waals surface area contributed by atoms with Crippen molar-refractivity contribution in [3.05, 3.63) is 18.5 Å². The molecule has 2 aliphatic heterocycles. The van der Waals surface area contributed by atoms with Crippen LogP contribution in [-0.2, 0) is 4.79 Å².